The van der Waals surface area contributed by atoms with Crippen LogP contribution in [0.25, 0.3) is 0 Å². The van der Waals surface area contributed by atoms with Gasteiger partial charge in [0, 0.05) is 28.7 Å². The van der Waals surface area contributed by atoms with Crippen LogP contribution in [-0.2, 0) is 13.1 Å². The number of rotatable bonds is 4. The van der Waals surface area contributed by atoms with Gasteiger partial charge < -0.3 is 5.73 Å². The summed E-state index contributed by atoms with van der Waals surface area (Å²) in [6.45, 7) is 1.34. The van der Waals surface area contributed by atoms with E-state index in [4.69, 9.17) is 17.3 Å². The van der Waals surface area contributed by atoms with Gasteiger partial charge in [0.25, 0.3) is 0 Å². The summed E-state index contributed by atoms with van der Waals surface area (Å²) in [6.07, 6.45) is 4.42. The van der Waals surface area contributed by atoms with Gasteiger partial charge in [0.2, 0.25) is 0 Å². The Hall–Kier alpha value is -1.32. The van der Waals surface area contributed by atoms with Gasteiger partial charge in [0.1, 0.15) is 0 Å². The van der Waals surface area contributed by atoms with Gasteiger partial charge in [-0.3, -0.25) is 4.68 Å². The molecule has 4 heteroatoms. The maximum Gasteiger partial charge on any atom is 0.0663 e. The molecule has 1 heterocycles. The van der Waals surface area contributed by atoms with Crippen molar-refractivity contribution in [3.8, 4) is 0 Å². The summed E-state index contributed by atoms with van der Waals surface area (Å²) in [7, 11) is 0. The lowest BCUT2D eigenvalue weighted by atomic mass is 10.1. The minimum Gasteiger partial charge on any atom is -0.326 e. The zero-order chi connectivity index (χ0) is 12.5. The molecule has 1 aliphatic rings. The molecule has 2 N–H and O–H groups in total. The number of nitrogens with zero attached hydrogens (tertiary/aromatic N) is 2. The fourth-order valence-corrected chi connectivity index (χ4v) is 2.57. The minimum atomic E-state index is 0.571. The van der Waals surface area contributed by atoms with Crippen LogP contribution in [-0.4, -0.2) is 9.78 Å². The van der Waals surface area contributed by atoms with Crippen LogP contribution in [0.15, 0.2) is 30.5 Å². The number of benzene rings is 1. The first-order valence-corrected chi connectivity index (χ1v) is 6.65. The van der Waals surface area contributed by atoms with Gasteiger partial charge in [-0.05, 0) is 30.5 Å². The van der Waals surface area contributed by atoms with E-state index in [2.05, 4.69) is 15.8 Å². The maximum absolute atomic E-state index is 6.01. The average Bonchev–Trinajstić information content (AvgIpc) is 3.11. The van der Waals surface area contributed by atoms with Crippen LogP contribution in [0.1, 0.15) is 35.6 Å². The summed E-state index contributed by atoms with van der Waals surface area (Å²) in [5, 5.41) is 5.24. The van der Waals surface area contributed by atoms with Crippen LogP contribution in [0.3, 0.4) is 0 Å². The Morgan fingerprint density at radius 1 is 1.39 bits per heavy atom. The van der Waals surface area contributed by atoms with Crippen molar-refractivity contribution >= 4 is 11.6 Å². The summed E-state index contributed by atoms with van der Waals surface area (Å²) >= 11 is 6.01. The lowest BCUT2D eigenvalue weighted by Gasteiger charge is -2.08. The zero-order valence-electron chi connectivity index (χ0n) is 10.1. The predicted octanol–water partition coefficient (Wildman–Crippen LogP) is 2.92. The molecule has 0 saturated heterocycles. The van der Waals surface area contributed by atoms with Crippen molar-refractivity contribution < 1.29 is 0 Å². The molecule has 18 heavy (non-hydrogen) atoms. The van der Waals surface area contributed by atoms with Gasteiger partial charge in [-0.25, -0.2) is 0 Å². The number of halogens is 1. The molecule has 0 atom stereocenters. The summed E-state index contributed by atoms with van der Waals surface area (Å²) in [5.74, 6) is 0.658. The predicted molar refractivity (Wildman–Crippen MR) is 72.6 cm³/mol. The van der Waals surface area contributed by atoms with Gasteiger partial charge in [0.15, 0.2) is 0 Å². The van der Waals surface area contributed by atoms with E-state index in [1.807, 2.05) is 24.4 Å². The second-order valence-electron chi connectivity index (χ2n) is 4.82. The Kier molecular flexibility index (Phi) is 3.10. The Balaban J connectivity index is 1.90. The molecule has 0 unspecified atom stereocenters. The van der Waals surface area contributed by atoms with E-state index in [1.165, 1.54) is 29.7 Å². The molecular weight excluding hydrogens is 246 g/mol. The van der Waals surface area contributed by atoms with Gasteiger partial charge in [0.05, 0.1) is 12.7 Å². The van der Waals surface area contributed by atoms with Crippen molar-refractivity contribution in [2.24, 2.45) is 5.73 Å². The highest BCUT2D eigenvalue weighted by molar-refractivity contribution is 6.30. The Bertz CT molecular complexity index is 558. The van der Waals surface area contributed by atoms with Crippen molar-refractivity contribution in [3.05, 3.63) is 52.3 Å². The number of hydrogen-bond donors (Lipinski definition) is 1. The number of aromatic nitrogens is 2. The van der Waals surface area contributed by atoms with Gasteiger partial charge in [-0.1, -0.05) is 23.7 Å². The van der Waals surface area contributed by atoms with Crippen molar-refractivity contribution in [1.29, 1.82) is 0 Å². The highest BCUT2D eigenvalue weighted by Crippen LogP contribution is 2.41. The van der Waals surface area contributed by atoms with E-state index in [1.54, 1.807) is 0 Å². The molecule has 0 spiro atoms. The monoisotopic (exact) mass is 261 g/mol. The first kappa shape index (κ1) is 11.8. The second kappa shape index (κ2) is 4.75. The normalized spacial score (nSPS) is 15.0. The molecule has 0 bridgehead atoms. The van der Waals surface area contributed by atoms with Crippen LogP contribution in [0.4, 0.5) is 0 Å². The maximum atomic E-state index is 6.01. The molecule has 0 amide bonds. The van der Waals surface area contributed by atoms with E-state index in [0.29, 0.717) is 12.5 Å². The highest BCUT2D eigenvalue weighted by atomic mass is 35.5. The molecule has 1 aromatic carbocycles. The lowest BCUT2D eigenvalue weighted by molar-refractivity contribution is 0.644. The molecule has 3 rings (SSSR count). The second-order valence-corrected chi connectivity index (χ2v) is 5.26. The van der Waals surface area contributed by atoms with Gasteiger partial charge in [-0.2, -0.15) is 5.10 Å². The topological polar surface area (TPSA) is 43.8 Å². The zero-order valence-corrected chi connectivity index (χ0v) is 10.9. The summed E-state index contributed by atoms with van der Waals surface area (Å²) in [4.78, 5) is 0. The van der Waals surface area contributed by atoms with Crippen LogP contribution < -0.4 is 5.73 Å². The third-order valence-corrected chi connectivity index (χ3v) is 3.60. The molecule has 1 saturated carbocycles. The molecule has 1 aromatic heterocycles. The largest absolute Gasteiger partial charge is 0.326 e. The van der Waals surface area contributed by atoms with Crippen LogP contribution in [0, 0.1) is 0 Å². The average molecular weight is 262 g/mol. The number of nitrogens with two attached hydrogens (primary N) is 1. The highest BCUT2D eigenvalue weighted by Gasteiger charge is 2.29. The van der Waals surface area contributed by atoms with Crippen LogP contribution in [0.2, 0.25) is 5.02 Å². The summed E-state index contributed by atoms with van der Waals surface area (Å²) < 4.78 is 2.07. The molecule has 0 radical (unpaired) electrons. The molecule has 0 aliphatic heterocycles. The first-order chi connectivity index (χ1) is 8.78. The Morgan fingerprint density at radius 3 is 2.89 bits per heavy atom. The standard InChI is InChI=1S/C14H16ClN3/c15-13-3-1-2-10(6-13)9-18-14(11-4-5-11)12(7-16)8-17-18/h1-3,6,8,11H,4-5,7,9,16H2. The van der Waals surface area contributed by atoms with Crippen molar-refractivity contribution in [2.75, 3.05) is 0 Å². The molecule has 94 valence electrons. The molecule has 3 nitrogen and oxygen atoms in total. The van der Waals surface area contributed by atoms with Crippen molar-refractivity contribution in [2.45, 2.75) is 31.8 Å². The van der Waals surface area contributed by atoms with E-state index in [0.717, 1.165) is 11.6 Å². The van der Waals surface area contributed by atoms with E-state index in [9.17, 15) is 0 Å². The summed E-state index contributed by atoms with van der Waals surface area (Å²) in [5.41, 5.74) is 9.45. The SMILES string of the molecule is NCc1cnn(Cc2cccc(Cl)c2)c1C1CC1. The quantitative estimate of drug-likeness (QED) is 0.920. The van der Waals surface area contributed by atoms with Gasteiger partial charge in [-0.15, -0.1) is 0 Å². The molecule has 1 aliphatic carbocycles. The van der Waals surface area contributed by atoms with Crippen molar-refractivity contribution in [1.82, 2.24) is 9.78 Å². The van der Waals surface area contributed by atoms with E-state index >= 15 is 0 Å². The van der Waals surface area contributed by atoms with Crippen LogP contribution >= 0.6 is 11.6 Å². The summed E-state index contributed by atoms with van der Waals surface area (Å²) in [6, 6.07) is 7.93. The van der Waals surface area contributed by atoms with Crippen LogP contribution in [0.5, 0.6) is 0 Å². The number of hydrogen-bond acceptors (Lipinski definition) is 2. The third-order valence-electron chi connectivity index (χ3n) is 3.37. The van der Waals surface area contributed by atoms with Crippen molar-refractivity contribution in [3.63, 3.8) is 0 Å². The van der Waals surface area contributed by atoms with E-state index in [-0.39, 0.29) is 0 Å². The Labute approximate surface area is 112 Å². The smallest absolute Gasteiger partial charge is 0.0663 e. The van der Waals surface area contributed by atoms with Gasteiger partial charge >= 0.3 is 0 Å². The minimum absolute atomic E-state index is 0.571. The third kappa shape index (κ3) is 2.28. The molecule has 2 aromatic rings. The van der Waals surface area contributed by atoms with E-state index < -0.39 is 0 Å². The molecule has 1 fully saturated rings. The fourth-order valence-electron chi connectivity index (χ4n) is 2.35. The fraction of sp³-hybridized carbons (Fsp3) is 0.357. The molecular formula is C14H16ClN3. The first-order valence-electron chi connectivity index (χ1n) is 6.27. The lowest BCUT2D eigenvalue weighted by Crippen LogP contribution is -2.08. The Morgan fingerprint density at radius 2 is 2.22 bits per heavy atom.